The third-order valence-corrected chi connectivity index (χ3v) is 9.17. The molecule has 2 N–H and O–H groups in total. The fraction of sp³-hybridized carbons (Fsp3) is 0.400. The molecule has 0 spiro atoms. The summed E-state index contributed by atoms with van der Waals surface area (Å²) < 4.78 is 43.6. The van der Waals surface area contributed by atoms with E-state index in [1.165, 1.54) is 28.8 Å². The molecule has 4 nitrogen and oxygen atoms in total. The highest BCUT2D eigenvalue weighted by molar-refractivity contribution is 5.88. The van der Waals surface area contributed by atoms with Crippen LogP contribution in [0.3, 0.4) is 0 Å². The zero-order chi connectivity index (χ0) is 29.9. The first-order valence-electron chi connectivity index (χ1n) is 14.7. The number of nitrogens with one attached hydrogen (secondary N) is 1. The normalized spacial score (nSPS) is 22.9. The van der Waals surface area contributed by atoms with E-state index in [9.17, 15) is 23.1 Å². The molecule has 6 rings (SSSR count). The molecule has 2 fully saturated rings. The highest BCUT2D eigenvalue weighted by Gasteiger charge is 2.52. The zero-order valence-electron chi connectivity index (χ0n) is 24.5. The first kappa shape index (κ1) is 32.6. The molecule has 0 radical (unpaired) electrons. The summed E-state index contributed by atoms with van der Waals surface area (Å²) in [5.74, 6) is 2.19. The van der Waals surface area contributed by atoms with E-state index in [2.05, 4.69) is 24.4 Å². The number of phenolic OH excluding ortho intramolecular Hbond substituents is 1. The van der Waals surface area contributed by atoms with Crippen LogP contribution in [0, 0.1) is 11.3 Å². The van der Waals surface area contributed by atoms with Gasteiger partial charge in [-0.3, -0.25) is 4.79 Å². The summed E-state index contributed by atoms with van der Waals surface area (Å²) in [7, 11) is 1.85. The number of rotatable bonds is 6. The van der Waals surface area contributed by atoms with Crippen molar-refractivity contribution in [2.24, 2.45) is 11.3 Å². The van der Waals surface area contributed by atoms with Crippen molar-refractivity contribution in [1.82, 2.24) is 5.32 Å². The van der Waals surface area contributed by atoms with Crippen molar-refractivity contribution in [3.8, 4) is 11.5 Å². The average molecular weight is 614 g/mol. The quantitative estimate of drug-likeness (QED) is 0.273. The van der Waals surface area contributed by atoms with E-state index in [0.29, 0.717) is 29.1 Å². The van der Waals surface area contributed by atoms with Crippen molar-refractivity contribution < 1.29 is 27.8 Å². The number of halogens is 4. The monoisotopic (exact) mass is 613 g/mol. The molecular weight excluding hydrogens is 575 g/mol. The molecule has 0 bridgehead atoms. The van der Waals surface area contributed by atoms with Gasteiger partial charge in [0, 0.05) is 24.2 Å². The Morgan fingerprint density at radius 3 is 2.44 bits per heavy atom. The third kappa shape index (κ3) is 7.10. The van der Waals surface area contributed by atoms with Gasteiger partial charge < -0.3 is 15.2 Å². The van der Waals surface area contributed by atoms with Crippen molar-refractivity contribution in [3.63, 3.8) is 0 Å². The summed E-state index contributed by atoms with van der Waals surface area (Å²) in [5, 5.41) is 12.7. The molecule has 0 aromatic heterocycles. The van der Waals surface area contributed by atoms with Gasteiger partial charge in [-0.2, -0.15) is 13.2 Å². The molecule has 43 heavy (non-hydrogen) atoms. The van der Waals surface area contributed by atoms with Crippen molar-refractivity contribution in [2.75, 3.05) is 13.6 Å². The Morgan fingerprint density at radius 2 is 1.77 bits per heavy atom. The maximum Gasteiger partial charge on any atom is 0.416 e. The topological polar surface area (TPSA) is 58.6 Å². The molecular formula is C35H39ClF3NO3. The molecule has 4 atom stereocenters. The summed E-state index contributed by atoms with van der Waals surface area (Å²) in [6.07, 6.45) is 3.30. The summed E-state index contributed by atoms with van der Waals surface area (Å²) >= 11 is 0. The van der Waals surface area contributed by atoms with E-state index < -0.39 is 11.7 Å². The number of carbonyl (C=O) groups excluding carboxylic acids is 1. The number of allylic oxidation sites excluding steroid dienone is 2. The van der Waals surface area contributed by atoms with E-state index in [1.54, 1.807) is 6.07 Å². The number of alkyl halides is 3. The maximum absolute atomic E-state index is 12.6. The lowest BCUT2D eigenvalue weighted by atomic mass is 9.60. The summed E-state index contributed by atoms with van der Waals surface area (Å²) in [5.41, 5.74) is 4.36. The second kappa shape index (κ2) is 13.6. The Balaban J connectivity index is 0.000000193. The summed E-state index contributed by atoms with van der Waals surface area (Å²) in [6.45, 7) is 2.93. The molecule has 230 valence electrons. The highest BCUT2D eigenvalue weighted by atomic mass is 35.5. The van der Waals surface area contributed by atoms with Crippen molar-refractivity contribution in [1.29, 1.82) is 0 Å². The summed E-state index contributed by atoms with van der Waals surface area (Å²) in [4.78, 5) is 12.2. The van der Waals surface area contributed by atoms with Gasteiger partial charge in [0.15, 0.2) is 0 Å². The van der Waals surface area contributed by atoms with Crippen LogP contribution in [-0.4, -0.2) is 24.5 Å². The molecule has 3 aromatic rings. The van der Waals surface area contributed by atoms with Gasteiger partial charge in [-0.1, -0.05) is 55.0 Å². The molecule has 3 aliphatic carbocycles. The number of aromatic hydroxyl groups is 1. The van der Waals surface area contributed by atoms with E-state index in [1.807, 2.05) is 43.4 Å². The SMILES string of the molecule is CC12CCC3C(=CCc4cc(O)ccc43)C1CCC2=O.CNCCC(Oc1ccc(C(F)(F)F)cc1)c1ccccc1.Cl. The average Bonchev–Trinajstić information content (AvgIpc) is 3.29. The number of Topliss-reactive ketones (excluding diaryl/α,β-unsaturated/α-hetero) is 1. The number of carbonyl (C=O) groups is 1. The number of benzene rings is 3. The Bertz CT molecular complexity index is 1420. The van der Waals surface area contributed by atoms with Gasteiger partial charge in [0.25, 0.3) is 0 Å². The predicted molar refractivity (Wildman–Crippen MR) is 165 cm³/mol. The molecule has 2 saturated carbocycles. The number of ether oxygens (including phenoxy) is 1. The smallest absolute Gasteiger partial charge is 0.416 e. The number of hydrogen-bond donors (Lipinski definition) is 2. The van der Waals surface area contributed by atoms with E-state index in [4.69, 9.17) is 4.74 Å². The van der Waals surface area contributed by atoms with Gasteiger partial charge in [0.2, 0.25) is 0 Å². The molecule has 0 heterocycles. The number of phenols is 1. The van der Waals surface area contributed by atoms with Gasteiger partial charge in [0.05, 0.1) is 5.56 Å². The van der Waals surface area contributed by atoms with Gasteiger partial charge in [0.1, 0.15) is 23.4 Å². The number of fused-ring (bicyclic) bond motifs is 5. The van der Waals surface area contributed by atoms with Gasteiger partial charge >= 0.3 is 6.18 Å². The second-order valence-electron chi connectivity index (χ2n) is 11.7. The van der Waals surface area contributed by atoms with Gasteiger partial charge in [-0.05, 0) is 98.3 Å². The van der Waals surface area contributed by atoms with Crippen molar-refractivity contribution in [3.05, 3.63) is 107 Å². The fourth-order valence-corrected chi connectivity index (χ4v) is 6.86. The first-order valence-corrected chi connectivity index (χ1v) is 14.7. The molecule has 0 amide bonds. The van der Waals surface area contributed by atoms with Crippen LogP contribution < -0.4 is 10.1 Å². The van der Waals surface area contributed by atoms with Gasteiger partial charge in [-0.25, -0.2) is 0 Å². The zero-order valence-corrected chi connectivity index (χ0v) is 25.3. The summed E-state index contributed by atoms with van der Waals surface area (Å²) in [6, 6.07) is 20.2. The lowest BCUT2D eigenvalue weighted by Crippen LogP contribution is -2.37. The molecule has 3 aromatic carbocycles. The number of hydrogen-bond acceptors (Lipinski definition) is 4. The van der Waals surface area contributed by atoms with E-state index >= 15 is 0 Å². The van der Waals surface area contributed by atoms with Crippen LogP contribution in [0.1, 0.15) is 73.3 Å². The van der Waals surface area contributed by atoms with Crippen molar-refractivity contribution in [2.45, 2.75) is 63.6 Å². The van der Waals surface area contributed by atoms with E-state index in [-0.39, 0.29) is 23.9 Å². The van der Waals surface area contributed by atoms with Crippen LogP contribution in [-0.2, 0) is 17.4 Å². The highest BCUT2D eigenvalue weighted by Crippen LogP contribution is 2.57. The Hall–Kier alpha value is -3.29. The van der Waals surface area contributed by atoms with Crippen molar-refractivity contribution >= 4 is 18.2 Å². The van der Waals surface area contributed by atoms with Gasteiger partial charge in [-0.15, -0.1) is 12.4 Å². The largest absolute Gasteiger partial charge is 0.508 e. The molecule has 4 unspecified atom stereocenters. The lowest BCUT2D eigenvalue weighted by molar-refractivity contribution is -0.137. The number of ketones is 1. The Labute approximate surface area is 257 Å². The predicted octanol–water partition coefficient (Wildman–Crippen LogP) is 8.59. The molecule has 0 aliphatic heterocycles. The van der Waals surface area contributed by atoms with Crippen LogP contribution in [0.25, 0.3) is 0 Å². The van der Waals surface area contributed by atoms with Crippen LogP contribution >= 0.6 is 12.4 Å². The Morgan fingerprint density at radius 1 is 1.05 bits per heavy atom. The minimum absolute atomic E-state index is 0. The maximum atomic E-state index is 12.6. The lowest BCUT2D eigenvalue weighted by Gasteiger charge is -2.43. The van der Waals surface area contributed by atoms with Crippen LogP contribution in [0.2, 0.25) is 0 Å². The minimum Gasteiger partial charge on any atom is -0.508 e. The fourth-order valence-electron chi connectivity index (χ4n) is 6.86. The standard InChI is InChI=1S/C18H20O2.C17H18F3NO.ClH/c1-18-9-8-14-13-5-3-12(19)10-11(13)2-4-15(14)16(18)6-7-17(18)20;1-21-12-11-16(13-5-3-2-4-6-13)22-15-9-7-14(8-10-15)17(18,19)20;/h3-5,10,14,16,19H,2,6-9H2,1H3;2-10,16,21H,11-12H2,1H3;1H. The van der Waals surface area contributed by atoms with Crippen LogP contribution in [0.15, 0.2) is 84.4 Å². The third-order valence-electron chi connectivity index (χ3n) is 9.17. The van der Waals surface area contributed by atoms with Crippen LogP contribution in [0.5, 0.6) is 11.5 Å². The van der Waals surface area contributed by atoms with Crippen LogP contribution in [0.4, 0.5) is 13.2 Å². The molecule has 8 heteroatoms. The first-order chi connectivity index (χ1) is 20.1. The molecule has 3 aliphatic rings. The second-order valence-corrected chi connectivity index (χ2v) is 11.7. The molecule has 0 saturated heterocycles. The Kier molecular flexibility index (Phi) is 10.3. The minimum atomic E-state index is -4.33. The van der Waals surface area contributed by atoms with E-state index in [0.717, 1.165) is 62.8 Å².